The molecule has 2 aromatic heterocycles. The molecule has 4 heterocycles. The number of nitrogens with two attached hydrogens (primary N) is 1. The van der Waals surface area contributed by atoms with Crippen molar-refractivity contribution in [2.75, 3.05) is 25.6 Å². The molecule has 0 bridgehead atoms. The number of hydrogen-bond acceptors (Lipinski definition) is 8. The fourth-order valence-electron chi connectivity index (χ4n) is 4.42. The molecule has 0 aromatic carbocycles. The first kappa shape index (κ1) is 28.8. The minimum atomic E-state index is -4.36. The number of carbonyl (C=O) groups is 1. The number of amidine groups is 1. The van der Waals surface area contributed by atoms with Gasteiger partial charge >= 0.3 is 12.3 Å². The van der Waals surface area contributed by atoms with Crippen molar-refractivity contribution in [2.24, 2.45) is 15.1 Å². The number of alkyl halides is 5. The molecule has 39 heavy (non-hydrogen) atoms. The number of rotatable bonds is 9. The van der Waals surface area contributed by atoms with Crippen molar-refractivity contribution >= 4 is 21.3 Å². The number of halogens is 6. The van der Waals surface area contributed by atoms with Crippen molar-refractivity contribution < 1.29 is 40.1 Å². The van der Waals surface area contributed by atoms with Gasteiger partial charge in [-0.25, -0.2) is 31.1 Å². The Morgan fingerprint density at radius 3 is 2.64 bits per heavy atom. The van der Waals surface area contributed by atoms with E-state index in [4.69, 9.17) is 5.73 Å². The first-order chi connectivity index (χ1) is 18.3. The van der Waals surface area contributed by atoms with Gasteiger partial charge in [-0.05, 0) is 44.0 Å². The van der Waals surface area contributed by atoms with Crippen LogP contribution in [0.2, 0.25) is 0 Å². The van der Waals surface area contributed by atoms with Crippen molar-refractivity contribution in [2.45, 2.75) is 48.8 Å². The SMILES string of the molecule is C[C@]12CCCN=[S@@]1(=O)C[C@@](CF)(c1nc(CC(=O)c3ccc(OCC(F)(F)C(F)F)cn3)ccc1F)N=C2N. The highest BCUT2D eigenvalue weighted by Crippen LogP contribution is 2.42. The zero-order chi connectivity index (χ0) is 28.6. The molecule has 2 N–H and O–H groups in total. The van der Waals surface area contributed by atoms with E-state index in [0.717, 1.165) is 24.4 Å². The number of aliphatic imine (C=N–C) groups is 1. The molecular weight excluding hydrogens is 552 g/mol. The van der Waals surface area contributed by atoms with Gasteiger partial charge in [0.1, 0.15) is 45.8 Å². The summed E-state index contributed by atoms with van der Waals surface area (Å²) in [6.07, 6.45) is -2.35. The van der Waals surface area contributed by atoms with Gasteiger partial charge < -0.3 is 10.5 Å². The monoisotopic (exact) mass is 577 g/mol. The average molecular weight is 578 g/mol. The molecule has 2 aromatic rings. The lowest BCUT2D eigenvalue weighted by Gasteiger charge is -2.44. The molecule has 0 saturated heterocycles. The zero-order valence-corrected chi connectivity index (χ0v) is 21.5. The van der Waals surface area contributed by atoms with Crippen LogP contribution in [-0.4, -0.2) is 68.5 Å². The van der Waals surface area contributed by atoms with Crippen LogP contribution in [-0.2, 0) is 21.7 Å². The molecule has 212 valence electrons. The molecule has 0 spiro atoms. The van der Waals surface area contributed by atoms with Crippen LogP contribution >= 0.6 is 0 Å². The number of hydrogen-bond donors (Lipinski definition) is 1. The van der Waals surface area contributed by atoms with Crippen molar-refractivity contribution in [3.05, 3.63) is 53.4 Å². The second kappa shape index (κ2) is 10.4. The van der Waals surface area contributed by atoms with Crippen LogP contribution in [0.25, 0.3) is 0 Å². The Labute approximate surface area is 220 Å². The van der Waals surface area contributed by atoms with E-state index in [1.165, 1.54) is 6.07 Å². The summed E-state index contributed by atoms with van der Waals surface area (Å²) in [6, 6.07) is 4.43. The molecule has 2 aliphatic rings. The highest BCUT2D eigenvalue weighted by molar-refractivity contribution is 7.95. The molecule has 4 rings (SSSR count). The van der Waals surface area contributed by atoms with Gasteiger partial charge in [-0.3, -0.25) is 14.8 Å². The van der Waals surface area contributed by atoms with E-state index < -0.39 is 75.1 Å². The van der Waals surface area contributed by atoms with Crippen molar-refractivity contribution in [1.82, 2.24) is 9.97 Å². The van der Waals surface area contributed by atoms with Gasteiger partial charge in [0, 0.05) is 12.2 Å². The fraction of sp³-hybridized carbons (Fsp3) is 0.500. The summed E-state index contributed by atoms with van der Waals surface area (Å²) in [5.41, 5.74) is 3.59. The number of ketones is 1. The van der Waals surface area contributed by atoms with E-state index in [2.05, 4.69) is 24.1 Å². The largest absolute Gasteiger partial charge is 0.485 e. The Morgan fingerprint density at radius 1 is 1.26 bits per heavy atom. The normalized spacial score (nSPS) is 26.9. The second-order valence-electron chi connectivity index (χ2n) is 9.60. The smallest absolute Gasteiger partial charge is 0.340 e. The summed E-state index contributed by atoms with van der Waals surface area (Å²) < 4.78 is 102. The van der Waals surface area contributed by atoms with Crippen LogP contribution in [0.4, 0.5) is 26.3 Å². The van der Waals surface area contributed by atoms with Crippen LogP contribution in [0.3, 0.4) is 0 Å². The average Bonchev–Trinajstić information content (AvgIpc) is 2.89. The zero-order valence-electron chi connectivity index (χ0n) is 20.7. The van der Waals surface area contributed by atoms with E-state index in [1.54, 1.807) is 6.92 Å². The van der Waals surface area contributed by atoms with Crippen LogP contribution in [0.5, 0.6) is 5.75 Å². The number of pyridine rings is 2. The lowest BCUT2D eigenvalue weighted by molar-refractivity contribution is -0.148. The van der Waals surface area contributed by atoms with E-state index in [1.807, 2.05) is 0 Å². The van der Waals surface area contributed by atoms with Crippen LogP contribution in [0.1, 0.15) is 41.6 Å². The van der Waals surface area contributed by atoms with Crippen LogP contribution in [0.15, 0.2) is 39.8 Å². The summed E-state index contributed by atoms with van der Waals surface area (Å²) in [5.74, 6) is -6.69. The molecule has 0 aliphatic carbocycles. The van der Waals surface area contributed by atoms with Gasteiger partial charge in [-0.15, -0.1) is 0 Å². The Hall–Kier alpha value is -3.23. The molecule has 2 aliphatic heterocycles. The van der Waals surface area contributed by atoms with Gasteiger partial charge in [0.2, 0.25) is 0 Å². The first-order valence-corrected chi connectivity index (χ1v) is 13.5. The molecule has 0 saturated carbocycles. The summed E-state index contributed by atoms with van der Waals surface area (Å²) in [6.45, 7) is -0.902. The molecule has 0 unspecified atom stereocenters. The first-order valence-electron chi connectivity index (χ1n) is 11.8. The summed E-state index contributed by atoms with van der Waals surface area (Å²) in [7, 11) is -3.12. The highest BCUT2D eigenvalue weighted by atomic mass is 32.2. The van der Waals surface area contributed by atoms with Gasteiger partial charge in [-0.2, -0.15) is 8.78 Å². The van der Waals surface area contributed by atoms with Crippen LogP contribution in [0, 0.1) is 5.82 Å². The molecule has 0 fully saturated rings. The highest BCUT2D eigenvalue weighted by Gasteiger charge is 2.54. The summed E-state index contributed by atoms with van der Waals surface area (Å²) in [5, 5.41) is 0. The number of ether oxygens (including phenoxy) is 1. The third-order valence-corrected chi connectivity index (χ3v) is 10.1. The van der Waals surface area contributed by atoms with Crippen LogP contribution < -0.4 is 10.5 Å². The number of nitrogens with zero attached hydrogens (tertiary/aromatic N) is 4. The Kier molecular flexibility index (Phi) is 7.67. The van der Waals surface area contributed by atoms with Gasteiger partial charge in [0.15, 0.2) is 12.4 Å². The van der Waals surface area contributed by atoms with Crippen molar-refractivity contribution in [1.29, 1.82) is 0 Å². The Balaban J connectivity index is 1.57. The number of aromatic nitrogens is 2. The quantitative estimate of drug-likeness (QED) is 0.357. The van der Waals surface area contributed by atoms with E-state index in [0.29, 0.717) is 19.4 Å². The molecule has 0 radical (unpaired) electrons. The topological polar surface area (TPSA) is 120 Å². The lowest BCUT2D eigenvalue weighted by Crippen LogP contribution is -2.59. The summed E-state index contributed by atoms with van der Waals surface area (Å²) >= 11 is 0. The minimum absolute atomic E-state index is 0.0283. The molecule has 15 heteroatoms. The number of fused-ring (bicyclic) bond motifs is 1. The van der Waals surface area contributed by atoms with E-state index in [9.17, 15) is 35.3 Å². The van der Waals surface area contributed by atoms with Crippen molar-refractivity contribution in [3.63, 3.8) is 0 Å². The summed E-state index contributed by atoms with van der Waals surface area (Å²) in [4.78, 5) is 25.0. The maximum atomic E-state index is 15.0. The lowest BCUT2D eigenvalue weighted by atomic mass is 9.95. The number of carbonyl (C=O) groups excluding carboxylic acids is 1. The fourth-order valence-corrected chi connectivity index (χ4v) is 7.30. The standard InChI is InChI=1S/C24H25F6N5O3S/c1-22-7-2-8-33-39(22,37)13-23(11-25,35-21(22)31)19-16(26)5-3-14(34-19)9-18(36)17-6-4-15(10-32-17)38-12-24(29,30)20(27)28/h3-6,10,20H,2,7-9,11-13H2,1H3,(H2,31,35)/t22-,23+,39-/m1/s1. The van der Waals surface area contributed by atoms with E-state index >= 15 is 0 Å². The van der Waals surface area contributed by atoms with Gasteiger partial charge in [0.05, 0.1) is 28.1 Å². The maximum Gasteiger partial charge on any atom is 0.340 e. The number of Topliss-reactive ketones (excluding diaryl/α,β-unsaturated/α-hetero) is 1. The molecule has 8 nitrogen and oxygen atoms in total. The maximum absolute atomic E-state index is 15.0. The molecule has 0 amide bonds. The molecule has 3 atom stereocenters. The van der Waals surface area contributed by atoms with Gasteiger partial charge in [-0.1, -0.05) is 0 Å². The van der Waals surface area contributed by atoms with E-state index in [-0.39, 0.29) is 23.0 Å². The Morgan fingerprint density at radius 2 is 2.00 bits per heavy atom. The third kappa shape index (κ3) is 5.32. The van der Waals surface area contributed by atoms with Crippen molar-refractivity contribution in [3.8, 4) is 5.75 Å². The second-order valence-corrected chi connectivity index (χ2v) is 12.3. The van der Waals surface area contributed by atoms with Gasteiger partial charge in [0.25, 0.3) is 0 Å². The minimum Gasteiger partial charge on any atom is -0.485 e. The predicted molar refractivity (Wildman–Crippen MR) is 130 cm³/mol. The molecular formula is C24H25F6N5O3S. The Bertz CT molecular complexity index is 1410. The third-order valence-electron chi connectivity index (χ3n) is 6.81. The predicted octanol–water partition coefficient (Wildman–Crippen LogP) is 3.88.